The predicted molar refractivity (Wildman–Crippen MR) is 151 cm³/mol. The Labute approximate surface area is 236 Å². The van der Waals surface area contributed by atoms with Crippen LogP contribution < -0.4 is 4.74 Å². The molecule has 6 nitrogen and oxygen atoms in total. The molecule has 206 valence electrons. The fourth-order valence-electron chi connectivity index (χ4n) is 5.01. The van der Waals surface area contributed by atoms with Gasteiger partial charge in [0.15, 0.2) is 11.6 Å². The fraction of sp³-hybridized carbons (Fsp3) is 0.355. The molecule has 0 spiro atoms. The Morgan fingerprint density at radius 2 is 1.80 bits per heavy atom. The highest BCUT2D eigenvalue weighted by Gasteiger charge is 2.26. The molecule has 9 heteroatoms. The first-order chi connectivity index (χ1) is 19.5. The zero-order valence-electron chi connectivity index (χ0n) is 22.1. The van der Waals surface area contributed by atoms with Gasteiger partial charge in [-0.3, -0.25) is 19.7 Å². The van der Waals surface area contributed by atoms with Crippen molar-refractivity contribution in [1.82, 2.24) is 19.8 Å². The minimum absolute atomic E-state index is 0.0566. The first-order valence-electron chi connectivity index (χ1n) is 13.6. The van der Waals surface area contributed by atoms with Crippen LogP contribution in [-0.4, -0.2) is 58.3 Å². The molecule has 0 bridgehead atoms. The van der Waals surface area contributed by atoms with E-state index in [2.05, 4.69) is 25.8 Å². The highest BCUT2D eigenvalue weighted by molar-refractivity contribution is 7.22. The molecule has 2 radical (unpaired) electrons. The molecule has 1 saturated heterocycles. The molecule has 1 aromatic carbocycles. The lowest BCUT2D eigenvalue weighted by Crippen LogP contribution is -2.45. The molecule has 4 heterocycles. The number of aromatic nitrogens is 2. The number of carbonyl (C=O) groups is 1. The van der Waals surface area contributed by atoms with E-state index in [9.17, 15) is 13.6 Å². The van der Waals surface area contributed by atoms with Crippen LogP contribution in [0.5, 0.6) is 11.5 Å². The molecule has 1 aliphatic heterocycles. The molecule has 2 aliphatic rings. The van der Waals surface area contributed by atoms with Crippen LogP contribution >= 0.6 is 11.3 Å². The van der Waals surface area contributed by atoms with Crippen LogP contribution in [0.2, 0.25) is 0 Å². The maximum Gasteiger partial charge on any atom is 0.201 e. The molecule has 0 unspecified atom stereocenters. The number of piperazine rings is 1. The largest absolute Gasteiger partial charge is 0.453 e. The van der Waals surface area contributed by atoms with E-state index in [4.69, 9.17) is 11.7 Å². The molecule has 2 fully saturated rings. The Morgan fingerprint density at radius 1 is 1.00 bits per heavy atom. The van der Waals surface area contributed by atoms with Crippen LogP contribution in [0.15, 0.2) is 48.8 Å². The molecule has 3 aromatic heterocycles. The van der Waals surface area contributed by atoms with Gasteiger partial charge in [0, 0.05) is 70.6 Å². The fourth-order valence-corrected chi connectivity index (χ4v) is 6.05. The van der Waals surface area contributed by atoms with Crippen molar-refractivity contribution in [1.29, 1.82) is 0 Å². The van der Waals surface area contributed by atoms with Crippen LogP contribution in [0.25, 0.3) is 20.8 Å². The number of halogens is 2. The molecule has 6 rings (SSSR count). The highest BCUT2D eigenvalue weighted by atomic mass is 32.1. The number of fused-ring (bicyclic) bond motifs is 1. The normalized spacial score (nSPS) is 16.5. The summed E-state index contributed by atoms with van der Waals surface area (Å²) < 4.78 is 36.3. The average molecular weight is 561 g/mol. The predicted octanol–water partition coefficient (Wildman–Crippen LogP) is 6.17. The quantitative estimate of drug-likeness (QED) is 0.231. The second kappa shape index (κ2) is 11.7. The van der Waals surface area contributed by atoms with Crippen molar-refractivity contribution in [2.45, 2.75) is 32.2 Å². The first kappa shape index (κ1) is 26.9. The van der Waals surface area contributed by atoms with E-state index in [1.165, 1.54) is 23.5 Å². The Morgan fingerprint density at radius 3 is 2.52 bits per heavy atom. The van der Waals surface area contributed by atoms with Gasteiger partial charge >= 0.3 is 0 Å². The van der Waals surface area contributed by atoms with Crippen LogP contribution in [-0.2, 0) is 17.8 Å². The van der Waals surface area contributed by atoms with E-state index in [1.54, 1.807) is 12.3 Å². The van der Waals surface area contributed by atoms with E-state index in [-0.39, 0.29) is 23.5 Å². The van der Waals surface area contributed by atoms with E-state index in [0.717, 1.165) is 61.7 Å². The second-order valence-corrected chi connectivity index (χ2v) is 11.6. The molecule has 0 amide bonds. The molecule has 0 N–H and O–H groups in total. The smallest absolute Gasteiger partial charge is 0.201 e. The number of carbonyl (C=O) groups excluding carboxylic acids is 1. The van der Waals surface area contributed by atoms with Crippen molar-refractivity contribution in [2.75, 3.05) is 32.7 Å². The van der Waals surface area contributed by atoms with Crippen molar-refractivity contribution in [3.05, 3.63) is 78.5 Å². The topological polar surface area (TPSA) is 58.6 Å². The van der Waals surface area contributed by atoms with Gasteiger partial charge in [0.25, 0.3) is 0 Å². The minimum Gasteiger partial charge on any atom is -0.453 e. The maximum atomic E-state index is 14.9. The number of nitrogens with zero attached hydrogens (tertiary/aromatic N) is 4. The van der Waals surface area contributed by atoms with Gasteiger partial charge in [0.05, 0.1) is 20.8 Å². The lowest BCUT2D eigenvalue weighted by Gasteiger charge is -2.33. The van der Waals surface area contributed by atoms with Gasteiger partial charge in [0.2, 0.25) is 5.82 Å². The summed E-state index contributed by atoms with van der Waals surface area (Å²) in [6.45, 7) is 11.1. The number of pyridine rings is 2. The van der Waals surface area contributed by atoms with E-state index in [0.29, 0.717) is 34.8 Å². The number of hydrogen-bond acceptors (Lipinski definition) is 7. The second-order valence-electron chi connectivity index (χ2n) is 10.6. The van der Waals surface area contributed by atoms with E-state index < -0.39 is 11.6 Å². The zero-order valence-corrected chi connectivity index (χ0v) is 22.9. The molecule has 0 atom stereocenters. The van der Waals surface area contributed by atoms with Crippen molar-refractivity contribution in [2.24, 2.45) is 5.92 Å². The van der Waals surface area contributed by atoms with E-state index in [1.807, 2.05) is 18.3 Å². The van der Waals surface area contributed by atoms with Gasteiger partial charge in [-0.15, -0.1) is 11.3 Å². The summed E-state index contributed by atoms with van der Waals surface area (Å²) in [5.74, 6) is -1.64. The number of ether oxygens (including phenoxy) is 1. The van der Waals surface area contributed by atoms with Crippen LogP contribution in [0, 0.1) is 24.5 Å². The number of hydrogen-bond donors (Lipinski definition) is 0. The average Bonchev–Trinajstić information content (AvgIpc) is 3.67. The van der Waals surface area contributed by atoms with Crippen LogP contribution in [0.4, 0.5) is 8.78 Å². The standard InChI is InChI=1S/C31H30F2N4O2S/c1-2-36-11-13-37(14-12-36)19-21-5-7-24(35-18-21)28-17-25-31(40-28)27(9-10-34-25)39-26-8-6-22(29(32)30(26)33)16-23(38)15-20-3-4-20/h1,5-10,17-18,20H,2-4,11-16,19H2. The SMILES string of the molecule is [CH]CN1CCN(Cc2ccc(-c3cc4nccc(Oc5ccc(CC(=O)CC6CC6)c(F)c5F)c4s3)nc2)CC1. The van der Waals surface area contributed by atoms with E-state index >= 15 is 0 Å². The summed E-state index contributed by atoms with van der Waals surface area (Å²) in [4.78, 5) is 26.8. The minimum atomic E-state index is -1.10. The molecule has 1 aliphatic carbocycles. The molecular formula is C31H30F2N4O2S. The van der Waals surface area contributed by atoms with Crippen molar-refractivity contribution in [3.8, 4) is 22.1 Å². The van der Waals surface area contributed by atoms with Crippen LogP contribution in [0.3, 0.4) is 0 Å². The number of rotatable bonds is 10. The Kier molecular flexibility index (Phi) is 7.87. The third-order valence-electron chi connectivity index (χ3n) is 7.53. The van der Waals surface area contributed by atoms with Crippen LogP contribution in [0.1, 0.15) is 30.4 Å². The molecule has 40 heavy (non-hydrogen) atoms. The summed E-state index contributed by atoms with van der Waals surface area (Å²) >= 11 is 1.44. The Hall–Kier alpha value is -3.27. The molecule has 1 saturated carbocycles. The first-order valence-corrected chi connectivity index (χ1v) is 14.4. The Bertz CT molecular complexity index is 1510. The van der Waals surface area contributed by atoms with Gasteiger partial charge < -0.3 is 9.64 Å². The van der Waals surface area contributed by atoms with Gasteiger partial charge in [-0.25, -0.2) is 4.39 Å². The number of benzene rings is 1. The number of thiophene rings is 1. The Balaban J connectivity index is 1.16. The maximum absolute atomic E-state index is 14.9. The third-order valence-corrected chi connectivity index (χ3v) is 8.69. The van der Waals surface area contributed by atoms with Gasteiger partial charge in [0.1, 0.15) is 11.5 Å². The lowest BCUT2D eigenvalue weighted by atomic mass is 10.0. The summed E-state index contributed by atoms with van der Waals surface area (Å²) in [7, 11) is 0. The summed E-state index contributed by atoms with van der Waals surface area (Å²) in [5.41, 5.74) is 2.69. The van der Waals surface area contributed by atoms with Crippen molar-refractivity contribution < 1.29 is 18.3 Å². The lowest BCUT2D eigenvalue weighted by molar-refractivity contribution is -0.118. The number of Topliss-reactive ketones (excluding diaryl/α,β-unsaturated/α-hetero) is 1. The molecule has 4 aromatic rings. The summed E-state index contributed by atoms with van der Waals surface area (Å²) in [6.07, 6.45) is 5.87. The van der Waals surface area contributed by atoms with Gasteiger partial charge in [-0.1, -0.05) is 12.1 Å². The van der Waals surface area contributed by atoms with Crippen molar-refractivity contribution in [3.63, 3.8) is 0 Å². The third kappa shape index (κ3) is 6.06. The number of ketones is 1. The zero-order chi connectivity index (χ0) is 27.6. The van der Waals surface area contributed by atoms with Gasteiger partial charge in [-0.05, 0) is 55.0 Å². The monoisotopic (exact) mass is 560 g/mol. The summed E-state index contributed by atoms with van der Waals surface area (Å²) in [6, 6.07) is 10.5. The highest BCUT2D eigenvalue weighted by Crippen LogP contribution is 2.39. The van der Waals surface area contributed by atoms with Gasteiger partial charge in [-0.2, -0.15) is 4.39 Å². The molecular weight excluding hydrogens is 530 g/mol. The summed E-state index contributed by atoms with van der Waals surface area (Å²) in [5, 5.41) is 0. The van der Waals surface area contributed by atoms with Crippen molar-refractivity contribution >= 4 is 27.3 Å².